The molecule has 4 aliphatic carbocycles. The third-order valence-electron chi connectivity index (χ3n) is 9.56. The van der Waals surface area contributed by atoms with Crippen molar-refractivity contribution in [1.29, 1.82) is 0 Å². The largest absolute Gasteiger partial charge is 0.0840 e. The van der Waals surface area contributed by atoms with Crippen molar-refractivity contribution in [3.8, 4) is 0 Å². The van der Waals surface area contributed by atoms with Crippen LogP contribution in [0.25, 0.3) is 0 Å². The van der Waals surface area contributed by atoms with Crippen molar-refractivity contribution in [2.24, 2.45) is 40.4 Å². The maximum absolute atomic E-state index is 2.67. The Bertz CT molecular complexity index is 608. The molecule has 4 aliphatic rings. The fraction of sp³-hybridized carbons (Fsp3) is 0.852. The average molecular weight is 369 g/mol. The first-order valence-corrected chi connectivity index (χ1v) is 12.3. The number of rotatable bonds is 5. The van der Waals surface area contributed by atoms with Gasteiger partial charge in [0.2, 0.25) is 0 Å². The molecule has 0 aliphatic heterocycles. The van der Waals surface area contributed by atoms with Crippen molar-refractivity contribution in [1.82, 2.24) is 0 Å². The van der Waals surface area contributed by atoms with E-state index in [1.807, 2.05) is 11.1 Å². The molecule has 0 N–H and O–H groups in total. The Kier molecular flexibility index (Phi) is 5.41. The molecular weight excluding hydrogens is 324 g/mol. The number of hydrogen-bond acceptors (Lipinski definition) is 0. The van der Waals surface area contributed by atoms with Crippen molar-refractivity contribution >= 4 is 0 Å². The number of fused-ring (bicyclic) bond motifs is 4. The second kappa shape index (κ2) is 7.38. The molecule has 6 atom stereocenters. The van der Waals surface area contributed by atoms with E-state index in [0.717, 1.165) is 29.6 Å². The van der Waals surface area contributed by atoms with Gasteiger partial charge in [-0.3, -0.25) is 0 Å². The Balaban J connectivity index is 1.54. The topological polar surface area (TPSA) is 0 Å². The van der Waals surface area contributed by atoms with Gasteiger partial charge in [0.25, 0.3) is 0 Å². The SMILES string of the molecule is CC(C)CCC[C@@H](C)[C@H]1C=C[C@H]2C3=C(CC[C@]12C)[C@@]1(C)CCCCC1CC3. The Labute approximate surface area is 169 Å². The van der Waals surface area contributed by atoms with E-state index in [4.69, 9.17) is 0 Å². The van der Waals surface area contributed by atoms with E-state index in [0.29, 0.717) is 10.8 Å². The Morgan fingerprint density at radius 3 is 2.56 bits per heavy atom. The van der Waals surface area contributed by atoms with Crippen LogP contribution in [0.2, 0.25) is 0 Å². The van der Waals surface area contributed by atoms with E-state index >= 15 is 0 Å². The molecule has 0 aromatic rings. The Morgan fingerprint density at radius 2 is 1.78 bits per heavy atom. The standard InChI is InChI=1S/C27H44/c1-19(2)9-8-10-20(3)23-14-15-24-22-13-12-21-11-6-7-17-26(21,4)25(22)16-18-27(23,24)5/h14-15,19-21,23-24H,6-13,16-18H2,1-5H3/t20-,21?,23-,24+,26+,27-/m1/s1. The summed E-state index contributed by atoms with van der Waals surface area (Å²) >= 11 is 0. The second-order valence-corrected chi connectivity index (χ2v) is 11.6. The van der Waals surface area contributed by atoms with Gasteiger partial charge in [-0.25, -0.2) is 0 Å². The minimum absolute atomic E-state index is 0.508. The molecular formula is C27H44. The number of allylic oxidation sites excluding steroid dienone is 4. The van der Waals surface area contributed by atoms with Gasteiger partial charge in [0.15, 0.2) is 0 Å². The number of hydrogen-bond donors (Lipinski definition) is 0. The lowest BCUT2D eigenvalue weighted by Gasteiger charge is -2.54. The van der Waals surface area contributed by atoms with Crippen LogP contribution in [0.3, 0.4) is 0 Å². The highest BCUT2D eigenvalue weighted by Gasteiger charge is 2.53. The van der Waals surface area contributed by atoms with Crippen molar-refractivity contribution in [2.75, 3.05) is 0 Å². The summed E-state index contributed by atoms with van der Waals surface area (Å²) in [6, 6.07) is 0. The average Bonchev–Trinajstić information content (AvgIpc) is 2.98. The highest BCUT2D eigenvalue weighted by molar-refractivity contribution is 5.38. The molecule has 0 saturated heterocycles. The fourth-order valence-corrected chi connectivity index (χ4v) is 7.88. The van der Waals surface area contributed by atoms with E-state index in [1.54, 1.807) is 0 Å². The molecule has 0 radical (unpaired) electrons. The fourth-order valence-electron chi connectivity index (χ4n) is 7.88. The highest BCUT2D eigenvalue weighted by Crippen LogP contribution is 2.64. The summed E-state index contributed by atoms with van der Waals surface area (Å²) in [6.07, 6.45) is 21.2. The van der Waals surface area contributed by atoms with Crippen molar-refractivity contribution in [3.63, 3.8) is 0 Å². The lowest BCUT2D eigenvalue weighted by molar-refractivity contribution is 0.0748. The quantitative estimate of drug-likeness (QED) is 0.428. The molecule has 1 saturated carbocycles. The van der Waals surface area contributed by atoms with Crippen LogP contribution in [0.5, 0.6) is 0 Å². The van der Waals surface area contributed by atoms with E-state index in [-0.39, 0.29) is 0 Å². The minimum Gasteiger partial charge on any atom is -0.0840 e. The monoisotopic (exact) mass is 368 g/mol. The Hall–Kier alpha value is -0.520. The molecule has 152 valence electrons. The van der Waals surface area contributed by atoms with E-state index in [9.17, 15) is 0 Å². The first-order chi connectivity index (χ1) is 12.9. The molecule has 0 spiro atoms. The van der Waals surface area contributed by atoms with Gasteiger partial charge in [0.1, 0.15) is 0 Å². The van der Waals surface area contributed by atoms with Gasteiger partial charge in [-0.05, 0) is 73.0 Å². The van der Waals surface area contributed by atoms with E-state index in [1.165, 1.54) is 70.6 Å². The summed E-state index contributed by atoms with van der Waals surface area (Å²) in [7, 11) is 0. The maximum Gasteiger partial charge on any atom is 0.00394 e. The molecule has 1 fully saturated rings. The summed E-state index contributed by atoms with van der Waals surface area (Å²) in [5, 5.41) is 0. The molecule has 0 amide bonds. The highest BCUT2D eigenvalue weighted by atomic mass is 14.6. The van der Waals surface area contributed by atoms with Crippen LogP contribution in [-0.4, -0.2) is 0 Å². The lowest BCUT2D eigenvalue weighted by atomic mass is 9.50. The zero-order valence-corrected chi connectivity index (χ0v) is 18.8. The maximum atomic E-state index is 2.67. The predicted octanol–water partition coefficient (Wildman–Crippen LogP) is 8.34. The normalized spacial score (nSPS) is 42.1. The smallest absolute Gasteiger partial charge is 0.00394 e. The minimum atomic E-state index is 0.508. The molecule has 0 nitrogen and oxygen atoms in total. The molecule has 0 heteroatoms. The van der Waals surface area contributed by atoms with Gasteiger partial charge in [-0.15, -0.1) is 0 Å². The van der Waals surface area contributed by atoms with Gasteiger partial charge >= 0.3 is 0 Å². The van der Waals surface area contributed by atoms with Crippen molar-refractivity contribution < 1.29 is 0 Å². The van der Waals surface area contributed by atoms with Gasteiger partial charge in [0.05, 0.1) is 0 Å². The summed E-state index contributed by atoms with van der Waals surface area (Å²) in [5.41, 5.74) is 4.92. The summed E-state index contributed by atoms with van der Waals surface area (Å²) < 4.78 is 0. The van der Waals surface area contributed by atoms with Gasteiger partial charge in [-0.2, -0.15) is 0 Å². The molecule has 0 bridgehead atoms. The zero-order valence-electron chi connectivity index (χ0n) is 18.8. The van der Waals surface area contributed by atoms with Crippen LogP contribution in [0.15, 0.2) is 23.3 Å². The molecule has 4 rings (SSSR count). The molecule has 1 unspecified atom stereocenters. The van der Waals surface area contributed by atoms with Crippen LogP contribution in [0, 0.1) is 40.4 Å². The molecule has 27 heavy (non-hydrogen) atoms. The van der Waals surface area contributed by atoms with E-state index in [2.05, 4.69) is 46.8 Å². The summed E-state index contributed by atoms with van der Waals surface area (Å²) in [4.78, 5) is 0. The van der Waals surface area contributed by atoms with Crippen molar-refractivity contribution in [2.45, 2.75) is 105 Å². The lowest BCUT2D eigenvalue weighted by Crippen LogP contribution is -2.44. The third kappa shape index (κ3) is 3.28. The first-order valence-electron chi connectivity index (χ1n) is 12.3. The second-order valence-electron chi connectivity index (χ2n) is 11.6. The molecule has 0 aromatic carbocycles. The van der Waals surface area contributed by atoms with Gasteiger partial charge in [-0.1, -0.05) is 90.0 Å². The Morgan fingerprint density at radius 1 is 0.963 bits per heavy atom. The van der Waals surface area contributed by atoms with Crippen LogP contribution in [-0.2, 0) is 0 Å². The molecule has 0 heterocycles. The van der Waals surface area contributed by atoms with Crippen LogP contribution in [0.1, 0.15) is 105 Å². The van der Waals surface area contributed by atoms with Crippen LogP contribution >= 0.6 is 0 Å². The molecule has 0 aromatic heterocycles. The van der Waals surface area contributed by atoms with Crippen LogP contribution in [0.4, 0.5) is 0 Å². The van der Waals surface area contributed by atoms with Crippen LogP contribution < -0.4 is 0 Å². The van der Waals surface area contributed by atoms with Crippen molar-refractivity contribution in [3.05, 3.63) is 23.3 Å². The van der Waals surface area contributed by atoms with E-state index < -0.39 is 0 Å². The summed E-state index contributed by atoms with van der Waals surface area (Å²) in [6.45, 7) is 12.6. The zero-order chi connectivity index (χ0) is 19.2. The van der Waals surface area contributed by atoms with Gasteiger partial charge in [0, 0.05) is 5.92 Å². The third-order valence-corrected chi connectivity index (χ3v) is 9.56. The summed E-state index contributed by atoms with van der Waals surface area (Å²) in [5.74, 6) is 4.26. The predicted molar refractivity (Wildman–Crippen MR) is 118 cm³/mol. The van der Waals surface area contributed by atoms with Gasteiger partial charge < -0.3 is 0 Å². The first kappa shape index (κ1) is 19.8.